The van der Waals surface area contributed by atoms with Gasteiger partial charge < -0.3 is 10.1 Å². The van der Waals surface area contributed by atoms with Gasteiger partial charge in [0.2, 0.25) is 11.0 Å². The number of hydrogen-bond donors (Lipinski definition) is 1. The molecular weight excluding hydrogens is 339 g/mol. The SMILES string of the molecule is CC(C)(C)c1nsc(NCc2ccc(Oc3cccc(F)c3)nc2)n1. The van der Waals surface area contributed by atoms with Crippen molar-refractivity contribution < 1.29 is 9.13 Å². The Morgan fingerprint density at radius 3 is 2.68 bits per heavy atom. The normalized spacial score (nSPS) is 11.4. The first-order valence-electron chi connectivity index (χ1n) is 7.86. The highest BCUT2D eigenvalue weighted by atomic mass is 32.1. The lowest BCUT2D eigenvalue weighted by atomic mass is 9.96. The van der Waals surface area contributed by atoms with Crippen LogP contribution in [0, 0.1) is 5.82 Å². The Morgan fingerprint density at radius 1 is 1.20 bits per heavy atom. The third kappa shape index (κ3) is 4.73. The fourth-order valence-corrected chi connectivity index (χ4v) is 2.76. The lowest BCUT2D eigenvalue weighted by molar-refractivity contribution is 0.458. The van der Waals surface area contributed by atoms with E-state index in [0.29, 0.717) is 18.2 Å². The number of benzene rings is 1. The van der Waals surface area contributed by atoms with Gasteiger partial charge in [-0.3, -0.25) is 0 Å². The van der Waals surface area contributed by atoms with Gasteiger partial charge >= 0.3 is 0 Å². The highest BCUT2D eigenvalue weighted by Gasteiger charge is 2.19. The second kappa shape index (κ2) is 7.14. The lowest BCUT2D eigenvalue weighted by Gasteiger charge is -2.12. The number of halogens is 1. The Balaban J connectivity index is 1.58. The Morgan fingerprint density at radius 2 is 2.04 bits per heavy atom. The first-order chi connectivity index (χ1) is 11.9. The number of nitrogens with one attached hydrogen (secondary N) is 1. The molecule has 1 aromatic carbocycles. The van der Waals surface area contributed by atoms with Gasteiger partial charge in [0.25, 0.3) is 0 Å². The molecule has 1 N–H and O–H groups in total. The minimum Gasteiger partial charge on any atom is -0.439 e. The van der Waals surface area contributed by atoms with Crippen molar-refractivity contribution in [1.29, 1.82) is 0 Å². The molecule has 0 amide bonds. The van der Waals surface area contributed by atoms with Gasteiger partial charge in [-0.15, -0.1) is 0 Å². The largest absolute Gasteiger partial charge is 0.439 e. The molecule has 3 rings (SSSR count). The summed E-state index contributed by atoms with van der Waals surface area (Å²) >= 11 is 1.35. The Hall–Kier alpha value is -2.54. The minimum atomic E-state index is -0.343. The smallest absolute Gasteiger partial charge is 0.219 e. The third-order valence-corrected chi connectivity index (χ3v) is 4.03. The summed E-state index contributed by atoms with van der Waals surface area (Å²) in [5.74, 6) is 1.32. The van der Waals surface area contributed by atoms with Crippen molar-refractivity contribution in [1.82, 2.24) is 14.3 Å². The topological polar surface area (TPSA) is 59.9 Å². The summed E-state index contributed by atoms with van der Waals surface area (Å²) in [5, 5.41) is 4.03. The molecule has 0 saturated carbocycles. The molecule has 7 heteroatoms. The Bertz CT molecular complexity index is 843. The first kappa shape index (κ1) is 17.3. The molecule has 0 fully saturated rings. The first-order valence-corrected chi connectivity index (χ1v) is 8.64. The predicted molar refractivity (Wildman–Crippen MR) is 96.6 cm³/mol. The Kier molecular flexibility index (Phi) is 4.94. The van der Waals surface area contributed by atoms with Gasteiger partial charge in [-0.1, -0.05) is 32.9 Å². The van der Waals surface area contributed by atoms with Gasteiger partial charge in [0.1, 0.15) is 17.4 Å². The molecule has 0 atom stereocenters. The fraction of sp³-hybridized carbons (Fsp3) is 0.278. The van der Waals surface area contributed by atoms with Crippen LogP contribution in [0.4, 0.5) is 9.52 Å². The van der Waals surface area contributed by atoms with E-state index in [0.717, 1.165) is 16.5 Å². The molecule has 0 aliphatic heterocycles. The molecule has 2 aromatic heterocycles. The van der Waals surface area contributed by atoms with Gasteiger partial charge in [0.05, 0.1) is 0 Å². The number of nitrogens with zero attached hydrogens (tertiary/aromatic N) is 3. The van der Waals surface area contributed by atoms with E-state index in [1.54, 1.807) is 24.4 Å². The number of hydrogen-bond acceptors (Lipinski definition) is 6. The lowest BCUT2D eigenvalue weighted by Crippen LogP contribution is -2.13. The highest BCUT2D eigenvalue weighted by Crippen LogP contribution is 2.24. The van der Waals surface area contributed by atoms with Gasteiger partial charge in [-0.05, 0) is 17.7 Å². The number of anilines is 1. The van der Waals surface area contributed by atoms with E-state index in [2.05, 4.69) is 40.4 Å². The zero-order valence-electron chi connectivity index (χ0n) is 14.3. The zero-order chi connectivity index (χ0) is 17.9. The van der Waals surface area contributed by atoms with E-state index < -0.39 is 0 Å². The quantitative estimate of drug-likeness (QED) is 0.711. The minimum absolute atomic E-state index is 0.0616. The number of aromatic nitrogens is 3. The van der Waals surface area contributed by atoms with Crippen LogP contribution in [0.2, 0.25) is 0 Å². The standard InChI is InChI=1S/C18H19FN4OS/c1-18(2,3)16-22-17(25-23-16)21-11-12-7-8-15(20-10-12)24-14-6-4-5-13(19)9-14/h4-10H,11H2,1-3H3,(H,21,22,23). The maximum atomic E-state index is 13.2. The van der Waals surface area contributed by atoms with E-state index in [4.69, 9.17) is 4.74 Å². The third-order valence-electron chi connectivity index (χ3n) is 3.36. The summed E-state index contributed by atoms with van der Waals surface area (Å²) in [7, 11) is 0. The van der Waals surface area contributed by atoms with Crippen molar-refractivity contribution >= 4 is 16.7 Å². The maximum Gasteiger partial charge on any atom is 0.219 e. The summed E-state index contributed by atoms with van der Waals surface area (Å²) in [4.78, 5) is 8.74. The molecule has 130 valence electrons. The molecule has 0 saturated heterocycles. The summed E-state index contributed by atoms with van der Waals surface area (Å²) in [6, 6.07) is 9.62. The highest BCUT2D eigenvalue weighted by molar-refractivity contribution is 7.09. The summed E-state index contributed by atoms with van der Waals surface area (Å²) in [6.45, 7) is 6.84. The molecule has 0 radical (unpaired) electrons. The predicted octanol–water partition coefficient (Wildman–Crippen LogP) is 4.77. The molecule has 0 bridgehead atoms. The second-order valence-corrected chi connectivity index (χ2v) is 7.34. The number of ether oxygens (including phenoxy) is 1. The van der Waals surface area contributed by atoms with E-state index >= 15 is 0 Å². The average molecular weight is 358 g/mol. The molecule has 5 nitrogen and oxygen atoms in total. The van der Waals surface area contributed by atoms with E-state index in [1.165, 1.54) is 23.7 Å². The van der Waals surface area contributed by atoms with Crippen LogP contribution in [-0.2, 0) is 12.0 Å². The molecule has 0 spiro atoms. The van der Waals surface area contributed by atoms with Crippen LogP contribution in [0.3, 0.4) is 0 Å². The van der Waals surface area contributed by atoms with Gasteiger partial charge in [-0.2, -0.15) is 4.37 Å². The van der Waals surface area contributed by atoms with E-state index in [9.17, 15) is 4.39 Å². The van der Waals surface area contributed by atoms with E-state index in [-0.39, 0.29) is 11.2 Å². The second-order valence-electron chi connectivity index (χ2n) is 6.59. The molecular formula is C18H19FN4OS. The molecule has 0 aliphatic rings. The van der Waals surface area contributed by atoms with Crippen LogP contribution in [-0.4, -0.2) is 14.3 Å². The van der Waals surface area contributed by atoms with Crippen LogP contribution in [0.5, 0.6) is 11.6 Å². The average Bonchev–Trinajstić information content (AvgIpc) is 3.04. The molecule has 2 heterocycles. The van der Waals surface area contributed by atoms with Gasteiger partial charge in [0.15, 0.2) is 0 Å². The number of rotatable bonds is 5. The molecule has 3 aromatic rings. The van der Waals surface area contributed by atoms with Crippen molar-refractivity contribution in [3.63, 3.8) is 0 Å². The molecule has 0 aliphatic carbocycles. The van der Waals surface area contributed by atoms with E-state index in [1.807, 2.05) is 6.07 Å². The van der Waals surface area contributed by atoms with Crippen molar-refractivity contribution in [2.24, 2.45) is 0 Å². The van der Waals surface area contributed by atoms with Crippen molar-refractivity contribution in [3.8, 4) is 11.6 Å². The van der Waals surface area contributed by atoms with Crippen LogP contribution in [0.1, 0.15) is 32.2 Å². The summed E-state index contributed by atoms with van der Waals surface area (Å²) in [6.07, 6.45) is 1.72. The van der Waals surface area contributed by atoms with Crippen LogP contribution in [0.15, 0.2) is 42.6 Å². The maximum absolute atomic E-state index is 13.2. The van der Waals surface area contributed by atoms with Gasteiger partial charge in [0, 0.05) is 41.8 Å². The molecule has 0 unspecified atom stereocenters. The van der Waals surface area contributed by atoms with Crippen molar-refractivity contribution in [3.05, 3.63) is 59.8 Å². The summed E-state index contributed by atoms with van der Waals surface area (Å²) < 4.78 is 23.0. The van der Waals surface area contributed by atoms with Crippen molar-refractivity contribution in [2.75, 3.05) is 5.32 Å². The molecule has 25 heavy (non-hydrogen) atoms. The van der Waals surface area contributed by atoms with Crippen molar-refractivity contribution in [2.45, 2.75) is 32.7 Å². The number of pyridine rings is 1. The fourth-order valence-electron chi connectivity index (χ4n) is 2.00. The van der Waals surface area contributed by atoms with Gasteiger partial charge in [-0.25, -0.2) is 14.4 Å². The monoisotopic (exact) mass is 358 g/mol. The van der Waals surface area contributed by atoms with Crippen LogP contribution in [0.25, 0.3) is 0 Å². The van der Waals surface area contributed by atoms with Crippen LogP contribution < -0.4 is 10.1 Å². The van der Waals surface area contributed by atoms with Crippen LogP contribution >= 0.6 is 11.5 Å². The summed E-state index contributed by atoms with van der Waals surface area (Å²) in [5.41, 5.74) is 0.924. The zero-order valence-corrected chi connectivity index (χ0v) is 15.1. The Labute approximate surface area is 150 Å².